The summed E-state index contributed by atoms with van der Waals surface area (Å²) in [4.78, 5) is 21.0. The first-order valence-corrected chi connectivity index (χ1v) is 8.66. The number of hydrogen-bond donors (Lipinski definition) is 3. The van der Waals surface area contributed by atoms with E-state index in [2.05, 4.69) is 32.7 Å². The van der Waals surface area contributed by atoms with E-state index in [0.717, 1.165) is 5.56 Å². The van der Waals surface area contributed by atoms with Gasteiger partial charge in [-0.2, -0.15) is 21.4 Å². The van der Waals surface area contributed by atoms with Crippen LogP contribution in [0, 0.1) is 0 Å². The molecule has 0 radical (unpaired) electrons. The lowest BCUT2D eigenvalue weighted by atomic mass is 10.0. The molecule has 0 bridgehead atoms. The molecule has 144 valence electrons. The van der Waals surface area contributed by atoms with Crippen LogP contribution in [0.4, 0.5) is 20.3 Å². The lowest BCUT2D eigenvalue weighted by Gasteiger charge is -2.15. The number of hydrogen-bond acceptors (Lipinski definition) is 6. The van der Waals surface area contributed by atoms with Gasteiger partial charge in [0.2, 0.25) is 0 Å². The molecule has 0 aliphatic carbocycles. The molecule has 0 aliphatic heterocycles. The van der Waals surface area contributed by atoms with Crippen molar-refractivity contribution in [2.45, 2.75) is 11.9 Å². The molecule has 9 heteroatoms. The SMILES string of the molecule is Nc1cc(C(S)c2ncccc2C(=O)Nc2ccc(OC(F)F)cc2)ccn1. The average molecular weight is 402 g/mol. The third kappa shape index (κ3) is 4.74. The maximum Gasteiger partial charge on any atom is 0.387 e. The van der Waals surface area contributed by atoms with Crippen molar-refractivity contribution in [1.29, 1.82) is 0 Å². The van der Waals surface area contributed by atoms with Gasteiger partial charge in [0.25, 0.3) is 5.91 Å². The smallest absolute Gasteiger partial charge is 0.387 e. The Labute approximate surface area is 165 Å². The minimum atomic E-state index is -2.91. The Hall–Kier alpha value is -3.20. The molecule has 0 aliphatic rings. The average Bonchev–Trinajstić information content (AvgIpc) is 2.68. The van der Waals surface area contributed by atoms with Crippen LogP contribution < -0.4 is 15.8 Å². The zero-order chi connectivity index (χ0) is 20.1. The molecule has 0 spiro atoms. The Balaban J connectivity index is 1.81. The molecule has 1 unspecified atom stereocenters. The third-order valence-electron chi connectivity index (χ3n) is 3.80. The van der Waals surface area contributed by atoms with Gasteiger partial charge < -0.3 is 15.8 Å². The number of nitrogen functional groups attached to an aromatic ring is 1. The van der Waals surface area contributed by atoms with Crippen LogP contribution in [0.25, 0.3) is 0 Å². The number of carbonyl (C=O) groups excluding carboxylic acids is 1. The van der Waals surface area contributed by atoms with Gasteiger partial charge in [0.15, 0.2) is 0 Å². The minimum absolute atomic E-state index is 0.000707. The summed E-state index contributed by atoms with van der Waals surface area (Å²) in [6.45, 7) is -2.91. The molecular formula is C19H16F2N4O2S. The molecule has 1 amide bonds. The Kier molecular flexibility index (Phi) is 6.05. The van der Waals surface area contributed by atoms with Gasteiger partial charge >= 0.3 is 6.61 Å². The molecule has 28 heavy (non-hydrogen) atoms. The molecular weight excluding hydrogens is 386 g/mol. The lowest BCUT2D eigenvalue weighted by molar-refractivity contribution is -0.0498. The molecule has 0 fully saturated rings. The second-order valence-corrected chi connectivity index (χ2v) is 6.23. The van der Waals surface area contributed by atoms with Crippen LogP contribution in [0.15, 0.2) is 60.9 Å². The Morgan fingerprint density at radius 3 is 2.54 bits per heavy atom. The van der Waals surface area contributed by atoms with Gasteiger partial charge in [-0.05, 0) is 54.1 Å². The standard InChI is InChI=1S/C19H16F2N4O2S/c20-19(21)27-13-5-3-12(4-6-13)25-18(26)14-2-1-8-24-16(14)17(28)11-7-9-23-15(22)10-11/h1-10,17,19,28H,(H2,22,23)(H,25,26). The Morgan fingerprint density at radius 2 is 1.86 bits per heavy atom. The zero-order valence-electron chi connectivity index (χ0n) is 14.4. The van der Waals surface area contributed by atoms with E-state index in [9.17, 15) is 13.6 Å². The van der Waals surface area contributed by atoms with E-state index in [4.69, 9.17) is 5.73 Å². The summed E-state index contributed by atoms with van der Waals surface area (Å²) in [7, 11) is 0. The summed E-state index contributed by atoms with van der Waals surface area (Å²) in [6.07, 6.45) is 3.12. The van der Waals surface area contributed by atoms with Gasteiger partial charge in [0, 0.05) is 18.1 Å². The van der Waals surface area contributed by atoms with Crippen molar-refractivity contribution >= 4 is 30.0 Å². The Morgan fingerprint density at radius 1 is 1.11 bits per heavy atom. The van der Waals surface area contributed by atoms with Gasteiger partial charge in [-0.15, -0.1) is 0 Å². The second-order valence-electron chi connectivity index (χ2n) is 5.71. The molecule has 1 atom stereocenters. The largest absolute Gasteiger partial charge is 0.435 e. The molecule has 3 rings (SSSR count). The van der Waals surface area contributed by atoms with E-state index in [-0.39, 0.29) is 5.75 Å². The van der Waals surface area contributed by atoms with Crippen molar-refractivity contribution in [2.24, 2.45) is 0 Å². The predicted octanol–water partition coefficient (Wildman–Crippen LogP) is 3.93. The lowest BCUT2D eigenvalue weighted by Crippen LogP contribution is -2.16. The quantitative estimate of drug-likeness (QED) is 0.544. The molecule has 3 N–H and O–H groups in total. The zero-order valence-corrected chi connectivity index (χ0v) is 15.3. The number of halogens is 2. The highest BCUT2D eigenvalue weighted by Crippen LogP contribution is 2.30. The fourth-order valence-electron chi connectivity index (χ4n) is 2.54. The number of amides is 1. The number of benzene rings is 1. The number of thiol groups is 1. The fraction of sp³-hybridized carbons (Fsp3) is 0.105. The summed E-state index contributed by atoms with van der Waals surface area (Å²) >= 11 is 4.58. The van der Waals surface area contributed by atoms with E-state index < -0.39 is 17.8 Å². The maximum atomic E-state index is 12.7. The topological polar surface area (TPSA) is 90.1 Å². The second kappa shape index (κ2) is 8.66. The van der Waals surface area contributed by atoms with Crippen LogP contribution in [0.3, 0.4) is 0 Å². The molecule has 2 aromatic heterocycles. The maximum absolute atomic E-state index is 12.7. The molecule has 0 saturated carbocycles. The van der Waals surface area contributed by atoms with Crippen LogP contribution in [0.1, 0.15) is 26.9 Å². The Bertz CT molecular complexity index is 970. The molecule has 6 nitrogen and oxygen atoms in total. The molecule has 3 aromatic rings. The summed E-state index contributed by atoms with van der Waals surface area (Å²) < 4.78 is 28.7. The van der Waals surface area contributed by atoms with E-state index in [1.807, 2.05) is 0 Å². The minimum Gasteiger partial charge on any atom is -0.435 e. The highest BCUT2D eigenvalue weighted by atomic mass is 32.1. The first-order chi connectivity index (χ1) is 13.4. The van der Waals surface area contributed by atoms with Gasteiger partial charge in [-0.1, -0.05) is 0 Å². The van der Waals surface area contributed by atoms with Gasteiger partial charge in [0.05, 0.1) is 16.5 Å². The number of nitrogens with two attached hydrogens (primary N) is 1. The summed E-state index contributed by atoms with van der Waals surface area (Å²) in [5, 5.41) is 2.21. The summed E-state index contributed by atoms with van der Waals surface area (Å²) in [5.74, 6) is -0.0722. The van der Waals surface area contributed by atoms with Crippen molar-refractivity contribution in [3.8, 4) is 5.75 Å². The number of carbonyl (C=O) groups is 1. The van der Waals surface area contributed by atoms with Gasteiger partial charge in [-0.3, -0.25) is 9.78 Å². The number of pyridine rings is 2. The number of anilines is 2. The molecule has 0 saturated heterocycles. The summed E-state index contributed by atoms with van der Waals surface area (Å²) in [5.41, 5.74) is 7.66. The van der Waals surface area contributed by atoms with E-state index in [0.29, 0.717) is 22.8 Å². The number of alkyl halides is 2. The van der Waals surface area contributed by atoms with E-state index in [1.54, 1.807) is 36.7 Å². The van der Waals surface area contributed by atoms with Crippen molar-refractivity contribution in [3.63, 3.8) is 0 Å². The van der Waals surface area contributed by atoms with Crippen LogP contribution in [-0.4, -0.2) is 22.5 Å². The van der Waals surface area contributed by atoms with Crippen LogP contribution >= 0.6 is 12.6 Å². The van der Waals surface area contributed by atoms with Gasteiger partial charge in [0.1, 0.15) is 11.6 Å². The predicted molar refractivity (Wildman–Crippen MR) is 105 cm³/mol. The number of ether oxygens (including phenoxy) is 1. The first kappa shape index (κ1) is 19.6. The van der Waals surface area contributed by atoms with Gasteiger partial charge in [-0.25, -0.2) is 4.98 Å². The van der Waals surface area contributed by atoms with E-state index in [1.165, 1.54) is 24.3 Å². The highest BCUT2D eigenvalue weighted by Gasteiger charge is 2.20. The number of nitrogens with zero attached hydrogens (tertiary/aromatic N) is 2. The highest BCUT2D eigenvalue weighted by molar-refractivity contribution is 7.80. The number of rotatable bonds is 6. The van der Waals surface area contributed by atoms with Crippen molar-refractivity contribution in [2.75, 3.05) is 11.1 Å². The van der Waals surface area contributed by atoms with Crippen LogP contribution in [-0.2, 0) is 0 Å². The molecule has 1 aromatic carbocycles. The van der Waals surface area contributed by atoms with Crippen molar-refractivity contribution in [3.05, 3.63) is 77.7 Å². The normalized spacial score (nSPS) is 11.9. The van der Waals surface area contributed by atoms with E-state index >= 15 is 0 Å². The third-order valence-corrected chi connectivity index (χ3v) is 4.34. The van der Waals surface area contributed by atoms with Crippen molar-refractivity contribution < 1.29 is 18.3 Å². The number of nitrogens with one attached hydrogen (secondary N) is 1. The molecule has 2 heterocycles. The first-order valence-electron chi connectivity index (χ1n) is 8.14. The van der Waals surface area contributed by atoms with Crippen LogP contribution in [0.2, 0.25) is 0 Å². The number of aromatic nitrogens is 2. The summed E-state index contributed by atoms with van der Waals surface area (Å²) in [6, 6.07) is 12.3. The van der Waals surface area contributed by atoms with Crippen molar-refractivity contribution in [1.82, 2.24) is 9.97 Å². The fourth-order valence-corrected chi connectivity index (χ4v) is 2.91. The van der Waals surface area contributed by atoms with Crippen LogP contribution in [0.5, 0.6) is 5.75 Å². The monoisotopic (exact) mass is 402 g/mol.